The van der Waals surface area contributed by atoms with E-state index in [4.69, 9.17) is 16.3 Å². The van der Waals surface area contributed by atoms with E-state index in [1.807, 2.05) is 32.9 Å². The molecule has 20 heavy (non-hydrogen) atoms. The molecule has 0 radical (unpaired) electrons. The van der Waals surface area contributed by atoms with Crippen LogP contribution in [0.5, 0.6) is 0 Å². The lowest BCUT2D eigenvalue weighted by molar-refractivity contribution is 0.0255. The molecule has 5 heteroatoms. The Labute approximate surface area is 133 Å². The second kappa shape index (κ2) is 7.14. The van der Waals surface area contributed by atoms with Crippen molar-refractivity contribution in [3.05, 3.63) is 45.9 Å². The molecule has 0 bridgehead atoms. The van der Waals surface area contributed by atoms with Crippen LogP contribution in [-0.4, -0.2) is 23.1 Å². The molecule has 0 spiro atoms. The molecule has 0 unspecified atom stereocenters. The van der Waals surface area contributed by atoms with Crippen LogP contribution in [-0.2, 0) is 11.3 Å². The molecular formula is C15H19BrClNO2. The largest absolute Gasteiger partial charge is 0.444 e. The monoisotopic (exact) mass is 359 g/mol. The van der Waals surface area contributed by atoms with Crippen LogP contribution in [0.2, 0.25) is 5.02 Å². The lowest BCUT2D eigenvalue weighted by Crippen LogP contribution is -2.37. The Kier molecular flexibility index (Phi) is 6.08. The van der Waals surface area contributed by atoms with Crippen molar-refractivity contribution in [1.29, 1.82) is 0 Å². The Morgan fingerprint density at radius 2 is 1.90 bits per heavy atom. The highest BCUT2D eigenvalue weighted by Gasteiger charge is 2.22. The third-order valence-electron chi connectivity index (χ3n) is 2.30. The van der Waals surface area contributed by atoms with Crippen molar-refractivity contribution in [2.75, 3.05) is 6.54 Å². The number of rotatable bonds is 4. The molecule has 0 atom stereocenters. The molecule has 0 aromatic heterocycles. The van der Waals surface area contributed by atoms with Crippen molar-refractivity contribution >= 4 is 33.6 Å². The van der Waals surface area contributed by atoms with Gasteiger partial charge in [0.2, 0.25) is 0 Å². The van der Waals surface area contributed by atoms with Gasteiger partial charge in [-0.05, 0) is 38.5 Å². The van der Waals surface area contributed by atoms with Crippen LogP contribution in [0, 0.1) is 0 Å². The molecule has 0 saturated heterocycles. The molecule has 0 N–H and O–H groups in total. The molecule has 1 aromatic carbocycles. The summed E-state index contributed by atoms with van der Waals surface area (Å²) in [7, 11) is 0. The highest BCUT2D eigenvalue weighted by Crippen LogP contribution is 2.17. The summed E-state index contributed by atoms with van der Waals surface area (Å²) in [6, 6.07) is 7.37. The van der Waals surface area contributed by atoms with E-state index in [0.29, 0.717) is 18.1 Å². The predicted molar refractivity (Wildman–Crippen MR) is 86.2 cm³/mol. The third-order valence-corrected chi connectivity index (χ3v) is 2.80. The quantitative estimate of drug-likeness (QED) is 0.757. The Balaban J connectivity index is 2.81. The van der Waals surface area contributed by atoms with E-state index in [1.165, 1.54) is 0 Å². The second-order valence-corrected chi connectivity index (χ2v) is 7.04. The van der Waals surface area contributed by atoms with E-state index in [1.54, 1.807) is 17.0 Å². The maximum atomic E-state index is 12.2. The van der Waals surface area contributed by atoms with Gasteiger partial charge in [-0.3, -0.25) is 4.90 Å². The van der Waals surface area contributed by atoms with Gasteiger partial charge < -0.3 is 4.74 Å². The zero-order valence-electron chi connectivity index (χ0n) is 12.0. The van der Waals surface area contributed by atoms with Gasteiger partial charge in [-0.2, -0.15) is 0 Å². The third kappa shape index (κ3) is 6.44. The van der Waals surface area contributed by atoms with Crippen LogP contribution >= 0.6 is 27.5 Å². The molecule has 0 aliphatic carbocycles. The smallest absolute Gasteiger partial charge is 0.410 e. The molecule has 0 aliphatic heterocycles. The lowest BCUT2D eigenvalue weighted by atomic mass is 10.2. The van der Waals surface area contributed by atoms with E-state index < -0.39 is 5.60 Å². The van der Waals surface area contributed by atoms with Gasteiger partial charge in [0.15, 0.2) is 0 Å². The highest BCUT2D eigenvalue weighted by atomic mass is 79.9. The average Bonchev–Trinajstić information content (AvgIpc) is 2.28. The Morgan fingerprint density at radius 1 is 1.35 bits per heavy atom. The van der Waals surface area contributed by atoms with E-state index in [0.717, 1.165) is 10.0 Å². The number of carbonyl (C=O) groups is 1. The van der Waals surface area contributed by atoms with Gasteiger partial charge in [0.05, 0.1) is 6.54 Å². The minimum atomic E-state index is -0.525. The van der Waals surface area contributed by atoms with Crippen molar-refractivity contribution in [1.82, 2.24) is 4.90 Å². The zero-order valence-corrected chi connectivity index (χ0v) is 14.3. The van der Waals surface area contributed by atoms with Gasteiger partial charge in [-0.25, -0.2) is 4.79 Å². The summed E-state index contributed by atoms with van der Waals surface area (Å²) in [4.78, 5) is 13.8. The molecule has 110 valence electrons. The number of nitrogens with zero attached hydrogens (tertiary/aromatic N) is 1. The Bertz CT molecular complexity index is 480. The van der Waals surface area contributed by atoms with Crippen molar-refractivity contribution in [2.24, 2.45) is 0 Å². The summed E-state index contributed by atoms with van der Waals surface area (Å²) >= 11 is 9.14. The maximum Gasteiger partial charge on any atom is 0.410 e. The number of ether oxygens (including phenoxy) is 1. The molecule has 0 aliphatic rings. The summed E-state index contributed by atoms with van der Waals surface area (Å²) in [6.45, 7) is 10.1. The molecule has 0 heterocycles. The molecule has 1 amide bonds. The first-order valence-corrected chi connectivity index (χ1v) is 7.40. The number of hydrogen-bond acceptors (Lipinski definition) is 2. The average molecular weight is 361 g/mol. The molecule has 0 fully saturated rings. The maximum absolute atomic E-state index is 12.2. The summed E-state index contributed by atoms with van der Waals surface area (Å²) in [5.74, 6) is 0. The van der Waals surface area contributed by atoms with Crippen LogP contribution in [0.4, 0.5) is 4.79 Å². The number of halogens is 2. The molecule has 3 nitrogen and oxygen atoms in total. The highest BCUT2D eigenvalue weighted by molar-refractivity contribution is 9.11. The van der Waals surface area contributed by atoms with Gasteiger partial charge in [-0.1, -0.05) is 46.2 Å². The van der Waals surface area contributed by atoms with Crippen LogP contribution in [0.15, 0.2) is 35.3 Å². The van der Waals surface area contributed by atoms with Crippen molar-refractivity contribution < 1.29 is 9.53 Å². The SMILES string of the molecule is C=C(Br)CN(Cc1ccc(Cl)cc1)C(=O)OC(C)(C)C. The summed E-state index contributed by atoms with van der Waals surface area (Å²) < 4.78 is 6.12. The van der Waals surface area contributed by atoms with Crippen molar-refractivity contribution in [3.8, 4) is 0 Å². The topological polar surface area (TPSA) is 29.5 Å². The normalized spacial score (nSPS) is 11.1. The van der Waals surface area contributed by atoms with Gasteiger partial charge in [0, 0.05) is 16.0 Å². The number of amides is 1. The Morgan fingerprint density at radius 3 is 2.35 bits per heavy atom. The van der Waals surface area contributed by atoms with Crippen LogP contribution in [0.25, 0.3) is 0 Å². The zero-order chi connectivity index (χ0) is 15.3. The van der Waals surface area contributed by atoms with Crippen LogP contribution in [0.3, 0.4) is 0 Å². The second-order valence-electron chi connectivity index (χ2n) is 5.48. The van der Waals surface area contributed by atoms with E-state index in [9.17, 15) is 4.79 Å². The number of carbonyl (C=O) groups excluding carboxylic acids is 1. The fourth-order valence-electron chi connectivity index (χ4n) is 1.53. The molecular weight excluding hydrogens is 342 g/mol. The minimum absolute atomic E-state index is 0.368. The minimum Gasteiger partial charge on any atom is -0.444 e. The van der Waals surface area contributed by atoms with E-state index >= 15 is 0 Å². The first-order valence-electron chi connectivity index (χ1n) is 6.23. The first-order chi connectivity index (χ1) is 9.17. The van der Waals surface area contributed by atoms with Gasteiger partial charge in [-0.15, -0.1) is 0 Å². The lowest BCUT2D eigenvalue weighted by Gasteiger charge is -2.27. The molecule has 1 aromatic rings. The molecule has 0 saturated carbocycles. The summed E-state index contributed by atoms with van der Waals surface area (Å²) in [6.07, 6.45) is -0.368. The summed E-state index contributed by atoms with van der Waals surface area (Å²) in [5, 5.41) is 0.669. The predicted octanol–water partition coefficient (Wildman–Crippen LogP) is 4.99. The fourth-order valence-corrected chi connectivity index (χ4v) is 1.96. The van der Waals surface area contributed by atoms with Crippen molar-refractivity contribution in [3.63, 3.8) is 0 Å². The summed E-state index contributed by atoms with van der Waals surface area (Å²) in [5.41, 5.74) is 0.456. The van der Waals surface area contributed by atoms with Gasteiger partial charge in [0.25, 0.3) is 0 Å². The van der Waals surface area contributed by atoms with Crippen molar-refractivity contribution in [2.45, 2.75) is 32.9 Å². The van der Waals surface area contributed by atoms with Crippen LogP contribution < -0.4 is 0 Å². The first kappa shape index (κ1) is 17.1. The molecule has 1 rings (SSSR count). The number of hydrogen-bond donors (Lipinski definition) is 0. The van der Waals surface area contributed by atoms with E-state index in [-0.39, 0.29) is 6.09 Å². The fraction of sp³-hybridized carbons (Fsp3) is 0.400. The Hall–Kier alpha value is -1.00. The standard InChI is InChI=1S/C15H19BrClNO2/c1-11(16)9-18(14(19)20-15(2,3)4)10-12-5-7-13(17)8-6-12/h5-8H,1,9-10H2,2-4H3. The number of benzene rings is 1. The van der Waals surface area contributed by atoms with Gasteiger partial charge in [0.1, 0.15) is 5.60 Å². The van der Waals surface area contributed by atoms with E-state index in [2.05, 4.69) is 22.5 Å². The van der Waals surface area contributed by atoms with Crippen LogP contribution in [0.1, 0.15) is 26.3 Å². The van der Waals surface area contributed by atoms with Gasteiger partial charge >= 0.3 is 6.09 Å².